The van der Waals surface area contributed by atoms with Crippen molar-refractivity contribution in [3.63, 3.8) is 0 Å². The monoisotopic (exact) mass is 160 g/mol. The van der Waals surface area contributed by atoms with Crippen LogP contribution in [0.4, 0.5) is 0 Å². The van der Waals surface area contributed by atoms with Gasteiger partial charge < -0.3 is 0 Å². The molecule has 0 aliphatic carbocycles. The molecule has 0 aromatic carbocycles. The molecule has 1 saturated heterocycles. The van der Waals surface area contributed by atoms with E-state index in [0.29, 0.717) is 0 Å². The molecule has 5 heteroatoms. The molecule has 1 aliphatic rings. The second kappa shape index (κ2) is 2.69. The van der Waals surface area contributed by atoms with Gasteiger partial charge in [0.15, 0.2) is 5.11 Å². The van der Waals surface area contributed by atoms with Gasteiger partial charge in [0.25, 0.3) is 0 Å². The average molecular weight is 160 g/mol. The third-order valence-electron chi connectivity index (χ3n) is 1.35. The third kappa shape index (κ3) is 1.36. The molecular formula is C5H12N4S. The van der Waals surface area contributed by atoms with Crippen LogP contribution in [0, 0.1) is 0 Å². The molecule has 0 radical (unpaired) electrons. The molecule has 1 rings (SSSR count). The lowest BCUT2D eigenvalue weighted by Crippen LogP contribution is -2.65. The molecule has 58 valence electrons. The lowest BCUT2D eigenvalue weighted by Gasteiger charge is -2.38. The summed E-state index contributed by atoms with van der Waals surface area (Å²) in [4.78, 5) is 0. The van der Waals surface area contributed by atoms with E-state index in [2.05, 4.69) is 10.9 Å². The summed E-state index contributed by atoms with van der Waals surface area (Å²) >= 11 is 5.03. The minimum Gasteiger partial charge on any atom is -0.285 e. The fraction of sp³-hybridized carbons (Fsp3) is 0.800. The zero-order valence-electron chi connectivity index (χ0n) is 6.38. The Hall–Kier alpha value is -0.390. The Morgan fingerprint density at radius 2 is 1.70 bits per heavy atom. The second-order valence-electron chi connectivity index (χ2n) is 2.38. The number of hydrogen-bond acceptors (Lipinski definition) is 3. The summed E-state index contributed by atoms with van der Waals surface area (Å²) in [5.74, 6) is 0. The van der Waals surface area contributed by atoms with Crippen LogP contribution in [0.2, 0.25) is 0 Å². The molecule has 1 heterocycles. The van der Waals surface area contributed by atoms with E-state index in [0.717, 1.165) is 5.11 Å². The predicted molar refractivity (Wildman–Crippen MR) is 43.9 cm³/mol. The van der Waals surface area contributed by atoms with Crippen LogP contribution in [0.5, 0.6) is 0 Å². The summed E-state index contributed by atoms with van der Waals surface area (Å²) < 4.78 is 0. The molecule has 0 spiro atoms. The predicted octanol–water partition coefficient (Wildman–Crippen LogP) is -0.496. The van der Waals surface area contributed by atoms with Crippen molar-refractivity contribution in [2.45, 2.75) is 13.1 Å². The molecule has 0 saturated carbocycles. The maximum atomic E-state index is 5.03. The Labute approximate surface area is 66.1 Å². The van der Waals surface area contributed by atoms with Gasteiger partial charge in [0.2, 0.25) is 0 Å². The molecule has 1 aliphatic heterocycles. The molecule has 4 nitrogen and oxygen atoms in total. The smallest absolute Gasteiger partial charge is 0.200 e. The zero-order chi connectivity index (χ0) is 7.72. The normalized spacial score (nSPS) is 22.1. The van der Waals surface area contributed by atoms with Gasteiger partial charge in [0, 0.05) is 14.1 Å². The largest absolute Gasteiger partial charge is 0.285 e. The van der Waals surface area contributed by atoms with E-state index >= 15 is 0 Å². The van der Waals surface area contributed by atoms with Gasteiger partial charge >= 0.3 is 0 Å². The summed E-state index contributed by atoms with van der Waals surface area (Å²) in [6.07, 6.45) is 0.238. The summed E-state index contributed by atoms with van der Waals surface area (Å²) in [7, 11) is 3.80. The Balaban J connectivity index is 2.57. The second-order valence-corrected chi connectivity index (χ2v) is 2.75. The number of hydrazine groups is 2. The van der Waals surface area contributed by atoms with Crippen LogP contribution in [0.25, 0.3) is 0 Å². The maximum absolute atomic E-state index is 5.03. The van der Waals surface area contributed by atoms with Crippen LogP contribution in [0.15, 0.2) is 0 Å². The maximum Gasteiger partial charge on any atom is 0.200 e. The van der Waals surface area contributed by atoms with Crippen LogP contribution in [-0.2, 0) is 0 Å². The quantitative estimate of drug-likeness (QED) is 0.467. The molecule has 0 amide bonds. The van der Waals surface area contributed by atoms with Gasteiger partial charge in [0.1, 0.15) is 0 Å². The summed E-state index contributed by atoms with van der Waals surface area (Å²) in [6.45, 7) is 2.02. The van der Waals surface area contributed by atoms with Gasteiger partial charge in [-0.3, -0.25) is 10.0 Å². The van der Waals surface area contributed by atoms with Crippen molar-refractivity contribution in [2.24, 2.45) is 0 Å². The summed E-state index contributed by atoms with van der Waals surface area (Å²) in [5, 5.41) is 4.38. The van der Waals surface area contributed by atoms with Crippen LogP contribution < -0.4 is 10.9 Å². The van der Waals surface area contributed by atoms with Crippen LogP contribution in [0.3, 0.4) is 0 Å². The fourth-order valence-electron chi connectivity index (χ4n) is 0.945. The van der Waals surface area contributed by atoms with Gasteiger partial charge in [-0.2, -0.15) is 0 Å². The number of nitrogens with zero attached hydrogens (tertiary/aromatic N) is 2. The van der Waals surface area contributed by atoms with Crippen LogP contribution in [-0.4, -0.2) is 35.4 Å². The molecule has 2 N–H and O–H groups in total. The first-order chi connectivity index (χ1) is 4.61. The third-order valence-corrected chi connectivity index (χ3v) is 1.90. The van der Waals surface area contributed by atoms with Crippen molar-refractivity contribution in [2.75, 3.05) is 14.1 Å². The van der Waals surface area contributed by atoms with Crippen molar-refractivity contribution >= 4 is 17.3 Å². The van der Waals surface area contributed by atoms with Crippen molar-refractivity contribution in [1.82, 2.24) is 20.9 Å². The number of rotatable bonds is 0. The van der Waals surface area contributed by atoms with E-state index < -0.39 is 0 Å². The zero-order valence-corrected chi connectivity index (χ0v) is 7.20. The fourth-order valence-corrected chi connectivity index (χ4v) is 1.05. The van der Waals surface area contributed by atoms with E-state index in [1.165, 1.54) is 0 Å². The van der Waals surface area contributed by atoms with Crippen LogP contribution >= 0.6 is 12.2 Å². The van der Waals surface area contributed by atoms with Gasteiger partial charge in [-0.1, -0.05) is 0 Å². The van der Waals surface area contributed by atoms with E-state index in [1.807, 2.05) is 31.0 Å². The molecule has 0 atom stereocenters. The minimum atomic E-state index is 0.238. The molecule has 0 unspecified atom stereocenters. The van der Waals surface area contributed by atoms with Crippen molar-refractivity contribution in [1.29, 1.82) is 0 Å². The van der Waals surface area contributed by atoms with Gasteiger partial charge in [-0.25, -0.2) is 10.9 Å². The highest BCUT2D eigenvalue weighted by Crippen LogP contribution is 1.95. The van der Waals surface area contributed by atoms with Crippen molar-refractivity contribution in [3.05, 3.63) is 0 Å². The first-order valence-electron chi connectivity index (χ1n) is 3.15. The standard InChI is InChI=1S/C5H12N4S/c1-4-6-8(2)5(10)9(3)7-4/h4,6-7H,1-3H3. The number of thiocarbonyl (C=S) groups is 1. The minimum absolute atomic E-state index is 0.238. The molecule has 1 fully saturated rings. The highest BCUT2D eigenvalue weighted by Gasteiger charge is 2.18. The van der Waals surface area contributed by atoms with Gasteiger partial charge in [-0.05, 0) is 19.1 Å². The first kappa shape index (κ1) is 7.71. The SMILES string of the molecule is CC1NN(C)C(=S)N(C)N1. The molecule has 10 heavy (non-hydrogen) atoms. The summed E-state index contributed by atoms with van der Waals surface area (Å²) in [6, 6.07) is 0. The first-order valence-corrected chi connectivity index (χ1v) is 3.56. The Bertz CT molecular complexity index is 135. The van der Waals surface area contributed by atoms with Crippen molar-refractivity contribution in [3.8, 4) is 0 Å². The van der Waals surface area contributed by atoms with Gasteiger partial charge in [0.05, 0.1) is 6.17 Å². The Morgan fingerprint density at radius 1 is 1.30 bits per heavy atom. The Kier molecular flexibility index (Phi) is 2.08. The Morgan fingerprint density at radius 3 is 2.10 bits per heavy atom. The molecule has 0 aromatic heterocycles. The number of hydrogen-bond donors (Lipinski definition) is 2. The van der Waals surface area contributed by atoms with Crippen molar-refractivity contribution < 1.29 is 0 Å². The molecule has 0 bridgehead atoms. The van der Waals surface area contributed by atoms with E-state index in [4.69, 9.17) is 12.2 Å². The lowest BCUT2D eigenvalue weighted by molar-refractivity contribution is 0.141. The summed E-state index contributed by atoms with van der Waals surface area (Å²) in [5.41, 5.74) is 6.20. The van der Waals surface area contributed by atoms with Gasteiger partial charge in [-0.15, -0.1) is 0 Å². The lowest BCUT2D eigenvalue weighted by atomic mass is 10.6. The van der Waals surface area contributed by atoms with E-state index in [9.17, 15) is 0 Å². The number of nitrogens with one attached hydrogen (secondary N) is 2. The topological polar surface area (TPSA) is 30.5 Å². The van der Waals surface area contributed by atoms with E-state index in [1.54, 1.807) is 0 Å². The highest BCUT2D eigenvalue weighted by molar-refractivity contribution is 7.80. The highest BCUT2D eigenvalue weighted by atomic mass is 32.1. The van der Waals surface area contributed by atoms with Crippen LogP contribution in [0.1, 0.15) is 6.92 Å². The molecular weight excluding hydrogens is 148 g/mol. The molecule has 0 aromatic rings. The average Bonchev–Trinajstić information content (AvgIpc) is 1.82. The van der Waals surface area contributed by atoms with E-state index in [-0.39, 0.29) is 6.17 Å².